The maximum atomic E-state index is 12.8. The average molecular weight is 306 g/mol. The van der Waals surface area contributed by atoms with Crippen molar-refractivity contribution in [1.82, 2.24) is 19.7 Å². The molecule has 114 valence electrons. The summed E-state index contributed by atoms with van der Waals surface area (Å²) in [7, 11) is 0. The van der Waals surface area contributed by atoms with Crippen LogP contribution in [0.3, 0.4) is 0 Å². The second kappa shape index (κ2) is 5.60. The first kappa shape index (κ1) is 15.7. The van der Waals surface area contributed by atoms with E-state index in [-0.39, 0.29) is 11.0 Å². The number of nitrogens with zero attached hydrogens (tertiary/aromatic N) is 2. The summed E-state index contributed by atoms with van der Waals surface area (Å²) in [6.45, 7) is 11.2. The monoisotopic (exact) mass is 306 g/mol. The second-order valence-corrected chi connectivity index (χ2v) is 7.09. The van der Waals surface area contributed by atoms with Crippen LogP contribution in [0, 0.1) is 10.7 Å². The summed E-state index contributed by atoms with van der Waals surface area (Å²) < 4.78 is 2.20. The highest BCUT2D eigenvalue weighted by atomic mass is 32.1. The summed E-state index contributed by atoms with van der Waals surface area (Å²) in [6.07, 6.45) is 0. The molecule has 0 radical (unpaired) electrons. The van der Waals surface area contributed by atoms with Crippen molar-refractivity contribution in [2.45, 2.75) is 46.6 Å². The van der Waals surface area contributed by atoms with Gasteiger partial charge < -0.3 is 4.57 Å². The Hall–Kier alpha value is -1.69. The van der Waals surface area contributed by atoms with Gasteiger partial charge in [-0.25, -0.2) is 0 Å². The van der Waals surface area contributed by atoms with E-state index in [1.807, 2.05) is 16.7 Å². The van der Waals surface area contributed by atoms with Gasteiger partial charge in [0.05, 0.1) is 5.56 Å². The SMILES string of the molecule is CC(C)Cn1c(C(C)(C)C)ccc(-c2nc(=S)[nH][nH]2)c1=O. The normalized spacial score (nSPS) is 12.1. The van der Waals surface area contributed by atoms with Crippen LogP contribution in [-0.2, 0) is 12.0 Å². The number of pyridine rings is 1. The third-order valence-corrected chi connectivity index (χ3v) is 3.44. The Balaban J connectivity index is 2.67. The van der Waals surface area contributed by atoms with Crippen LogP contribution in [0.15, 0.2) is 16.9 Å². The molecule has 0 fully saturated rings. The lowest BCUT2D eigenvalue weighted by Gasteiger charge is -2.25. The van der Waals surface area contributed by atoms with E-state index in [1.165, 1.54) is 0 Å². The molecule has 0 saturated carbocycles. The van der Waals surface area contributed by atoms with Crippen molar-refractivity contribution in [3.63, 3.8) is 0 Å². The van der Waals surface area contributed by atoms with Crippen molar-refractivity contribution >= 4 is 12.2 Å². The maximum Gasteiger partial charge on any atom is 0.261 e. The van der Waals surface area contributed by atoms with Gasteiger partial charge in [-0.15, -0.1) is 0 Å². The van der Waals surface area contributed by atoms with Crippen LogP contribution in [0.2, 0.25) is 0 Å². The van der Waals surface area contributed by atoms with E-state index in [2.05, 4.69) is 49.8 Å². The lowest BCUT2D eigenvalue weighted by molar-refractivity contribution is 0.448. The van der Waals surface area contributed by atoms with Crippen LogP contribution in [0.25, 0.3) is 11.4 Å². The van der Waals surface area contributed by atoms with Crippen LogP contribution < -0.4 is 5.56 Å². The van der Waals surface area contributed by atoms with Crippen LogP contribution in [0.1, 0.15) is 40.3 Å². The highest BCUT2D eigenvalue weighted by molar-refractivity contribution is 7.71. The predicted molar refractivity (Wildman–Crippen MR) is 87.0 cm³/mol. The fourth-order valence-corrected chi connectivity index (χ4v) is 2.50. The summed E-state index contributed by atoms with van der Waals surface area (Å²) >= 11 is 4.96. The molecule has 0 aromatic carbocycles. The Kier molecular flexibility index (Phi) is 4.18. The predicted octanol–water partition coefficient (Wildman–Crippen LogP) is 3.25. The van der Waals surface area contributed by atoms with Gasteiger partial charge in [0.15, 0.2) is 5.82 Å². The second-order valence-electron chi connectivity index (χ2n) is 6.71. The number of aromatic nitrogens is 4. The van der Waals surface area contributed by atoms with Crippen LogP contribution in [0.5, 0.6) is 0 Å². The Morgan fingerprint density at radius 2 is 1.95 bits per heavy atom. The minimum atomic E-state index is -0.0922. The molecule has 0 saturated heterocycles. The third kappa shape index (κ3) is 3.32. The average Bonchev–Trinajstić information content (AvgIpc) is 2.76. The highest BCUT2D eigenvalue weighted by Crippen LogP contribution is 2.23. The third-order valence-electron chi connectivity index (χ3n) is 3.25. The molecular weight excluding hydrogens is 284 g/mol. The van der Waals surface area contributed by atoms with Crippen LogP contribution in [0.4, 0.5) is 0 Å². The van der Waals surface area contributed by atoms with Crippen molar-refractivity contribution in [1.29, 1.82) is 0 Å². The fourth-order valence-electron chi connectivity index (χ4n) is 2.36. The van der Waals surface area contributed by atoms with Gasteiger partial charge >= 0.3 is 0 Å². The molecule has 0 unspecified atom stereocenters. The molecule has 0 amide bonds. The van der Waals surface area contributed by atoms with Crippen LogP contribution >= 0.6 is 12.2 Å². The molecule has 2 aromatic rings. The summed E-state index contributed by atoms with van der Waals surface area (Å²) in [5.41, 5.74) is 1.44. The van der Waals surface area contributed by atoms with E-state index in [0.29, 0.717) is 28.6 Å². The number of nitrogens with one attached hydrogen (secondary N) is 2. The molecule has 0 atom stereocenters. The molecule has 0 spiro atoms. The zero-order valence-corrected chi connectivity index (χ0v) is 14.0. The van der Waals surface area contributed by atoms with Crippen molar-refractivity contribution < 1.29 is 0 Å². The Morgan fingerprint density at radius 3 is 2.43 bits per heavy atom. The van der Waals surface area contributed by atoms with Gasteiger partial charge in [-0.05, 0) is 30.3 Å². The largest absolute Gasteiger partial charge is 0.311 e. The van der Waals surface area contributed by atoms with E-state index in [0.717, 1.165) is 5.69 Å². The Morgan fingerprint density at radius 1 is 1.29 bits per heavy atom. The molecule has 0 aliphatic rings. The van der Waals surface area contributed by atoms with Crippen LogP contribution in [-0.4, -0.2) is 19.7 Å². The molecule has 0 aliphatic carbocycles. The molecular formula is C15H22N4OS. The van der Waals surface area contributed by atoms with E-state index in [4.69, 9.17) is 12.2 Å². The zero-order chi connectivity index (χ0) is 15.8. The summed E-state index contributed by atoms with van der Waals surface area (Å²) in [6, 6.07) is 3.83. The minimum Gasteiger partial charge on any atom is -0.311 e. The first-order valence-corrected chi connectivity index (χ1v) is 7.50. The highest BCUT2D eigenvalue weighted by Gasteiger charge is 2.21. The summed E-state index contributed by atoms with van der Waals surface area (Å²) in [5.74, 6) is 0.875. The number of hydrogen-bond donors (Lipinski definition) is 2. The van der Waals surface area contributed by atoms with Crippen molar-refractivity contribution in [2.75, 3.05) is 0 Å². The van der Waals surface area contributed by atoms with Gasteiger partial charge in [-0.3, -0.25) is 15.0 Å². The number of aromatic amines is 2. The quantitative estimate of drug-likeness (QED) is 0.855. The lowest BCUT2D eigenvalue weighted by atomic mass is 9.90. The van der Waals surface area contributed by atoms with Crippen molar-refractivity contribution in [3.8, 4) is 11.4 Å². The van der Waals surface area contributed by atoms with E-state index in [1.54, 1.807) is 0 Å². The minimum absolute atomic E-state index is 0.0334. The van der Waals surface area contributed by atoms with Gasteiger partial charge in [0.2, 0.25) is 4.77 Å². The van der Waals surface area contributed by atoms with E-state index >= 15 is 0 Å². The molecule has 5 nitrogen and oxygen atoms in total. The van der Waals surface area contributed by atoms with Gasteiger partial charge in [0, 0.05) is 17.7 Å². The number of hydrogen-bond acceptors (Lipinski definition) is 3. The molecule has 6 heteroatoms. The molecule has 2 heterocycles. The first-order chi connectivity index (χ1) is 9.70. The smallest absolute Gasteiger partial charge is 0.261 e. The van der Waals surface area contributed by atoms with Gasteiger partial charge in [-0.2, -0.15) is 4.98 Å². The number of H-pyrrole nitrogens is 2. The molecule has 2 N–H and O–H groups in total. The van der Waals surface area contributed by atoms with Crippen molar-refractivity contribution in [3.05, 3.63) is 33.0 Å². The van der Waals surface area contributed by atoms with Gasteiger partial charge in [-0.1, -0.05) is 34.6 Å². The fraction of sp³-hybridized carbons (Fsp3) is 0.533. The first-order valence-electron chi connectivity index (χ1n) is 7.09. The van der Waals surface area contributed by atoms with Crippen molar-refractivity contribution in [2.24, 2.45) is 5.92 Å². The zero-order valence-electron chi connectivity index (χ0n) is 13.2. The molecule has 0 bridgehead atoms. The standard InChI is InChI=1S/C15H22N4OS/c1-9(2)8-19-11(15(3,4)5)7-6-10(13(19)20)12-16-14(21)18-17-12/h6-7,9H,8H2,1-5H3,(H2,16,17,18,21). The Labute approximate surface area is 129 Å². The molecule has 21 heavy (non-hydrogen) atoms. The maximum absolute atomic E-state index is 12.8. The van der Waals surface area contributed by atoms with E-state index < -0.39 is 0 Å². The summed E-state index contributed by atoms with van der Waals surface area (Å²) in [4.78, 5) is 17.0. The Bertz CT molecular complexity index is 746. The van der Waals surface area contributed by atoms with Gasteiger partial charge in [0.25, 0.3) is 5.56 Å². The molecule has 2 rings (SSSR count). The topological polar surface area (TPSA) is 66.5 Å². The number of rotatable bonds is 3. The molecule has 0 aliphatic heterocycles. The molecule has 2 aromatic heterocycles. The van der Waals surface area contributed by atoms with Gasteiger partial charge in [0.1, 0.15) is 0 Å². The summed E-state index contributed by atoms with van der Waals surface area (Å²) in [5, 5.41) is 5.58. The lowest BCUT2D eigenvalue weighted by Crippen LogP contribution is -2.32. The van der Waals surface area contributed by atoms with E-state index in [9.17, 15) is 4.79 Å².